The van der Waals surface area contributed by atoms with Crippen LogP contribution in [0.4, 0.5) is 0 Å². The van der Waals surface area contributed by atoms with Crippen LogP contribution in [0.3, 0.4) is 0 Å². The highest BCUT2D eigenvalue weighted by molar-refractivity contribution is 5.95. The van der Waals surface area contributed by atoms with Gasteiger partial charge in [-0.3, -0.25) is 0 Å². The lowest BCUT2D eigenvalue weighted by molar-refractivity contribution is -0.301. The fourth-order valence-corrected chi connectivity index (χ4v) is 2.81. The smallest absolute Gasteiger partial charge is 0.423 e. The minimum absolute atomic E-state index is 0.271. The van der Waals surface area contributed by atoms with Gasteiger partial charge in [-0.2, -0.15) is 0 Å². The highest BCUT2D eigenvalue weighted by atomic mass is 16.9. The molecule has 0 saturated heterocycles. The molecule has 3 rings (SSSR count). The van der Waals surface area contributed by atoms with Crippen LogP contribution in [0.2, 0.25) is 0 Å². The number of carbonyl (C=O) groups excluding carboxylic acids is 3. The number of aromatic hydroxyl groups is 3. The molecule has 0 aliphatic rings. The molecule has 0 aromatic heterocycles. The number of esters is 3. The van der Waals surface area contributed by atoms with Crippen LogP contribution >= 0.6 is 0 Å². The minimum Gasteiger partial charge on any atom is -0.507 e. The molecule has 0 unspecified atom stereocenters. The highest BCUT2D eigenvalue weighted by Gasteiger charge is 2.44. The van der Waals surface area contributed by atoms with E-state index in [-0.39, 0.29) is 23.1 Å². The van der Waals surface area contributed by atoms with Crippen molar-refractivity contribution in [3.05, 3.63) is 89.5 Å². The number of ether oxygens (including phenoxy) is 3. The summed E-state index contributed by atoms with van der Waals surface area (Å²) in [5, 5.41) is 29.9. The van der Waals surface area contributed by atoms with Crippen molar-refractivity contribution in [3.8, 4) is 17.2 Å². The zero-order valence-corrected chi connectivity index (χ0v) is 17.4. The van der Waals surface area contributed by atoms with Crippen LogP contribution in [-0.4, -0.2) is 39.2 Å². The Hall–Kier alpha value is -4.53. The molecule has 3 aromatic carbocycles. The van der Waals surface area contributed by atoms with Crippen molar-refractivity contribution in [2.45, 2.75) is 19.3 Å². The molecule has 0 radical (unpaired) electrons. The second kappa shape index (κ2) is 9.73. The Morgan fingerprint density at radius 2 is 0.879 bits per heavy atom. The van der Waals surface area contributed by atoms with E-state index in [4.69, 9.17) is 14.2 Å². The quantitative estimate of drug-likeness (QED) is 0.361. The zero-order valence-electron chi connectivity index (χ0n) is 17.4. The van der Waals surface area contributed by atoms with E-state index in [0.717, 1.165) is 0 Å². The standard InChI is InChI=1S/C24H20O9/c1-2-24(31-21(28)15-9-3-6-12-18(15)25,32-22(29)16-10-4-7-13-19(16)26)33-23(30)17-11-5-8-14-20(17)27/h3-14,25-27H,2H2,1H3. The number of phenols is 3. The van der Waals surface area contributed by atoms with E-state index in [9.17, 15) is 29.7 Å². The summed E-state index contributed by atoms with van der Waals surface area (Å²) < 4.78 is 15.8. The number of benzene rings is 3. The van der Waals surface area contributed by atoms with Crippen molar-refractivity contribution in [1.82, 2.24) is 0 Å². The van der Waals surface area contributed by atoms with Crippen LogP contribution in [0, 0.1) is 0 Å². The topological polar surface area (TPSA) is 140 Å². The number of phenolic OH excluding ortho intramolecular Hbond substituents is 3. The molecule has 9 nitrogen and oxygen atoms in total. The van der Waals surface area contributed by atoms with Crippen molar-refractivity contribution in [3.63, 3.8) is 0 Å². The third-order valence-electron chi connectivity index (χ3n) is 4.55. The van der Waals surface area contributed by atoms with E-state index >= 15 is 0 Å². The average Bonchev–Trinajstić information content (AvgIpc) is 2.79. The fourth-order valence-electron chi connectivity index (χ4n) is 2.81. The Morgan fingerprint density at radius 1 is 0.606 bits per heavy atom. The van der Waals surface area contributed by atoms with Crippen molar-refractivity contribution in [2.75, 3.05) is 0 Å². The molecule has 33 heavy (non-hydrogen) atoms. The normalized spacial score (nSPS) is 10.8. The fraction of sp³-hybridized carbons (Fsp3) is 0.125. The molecule has 0 atom stereocenters. The van der Waals surface area contributed by atoms with Gasteiger partial charge in [-0.05, 0) is 36.4 Å². The molecule has 0 heterocycles. The SMILES string of the molecule is CCC(OC(=O)c1ccccc1O)(OC(=O)c1ccccc1O)OC(=O)c1ccccc1O. The molecule has 0 fully saturated rings. The molecule has 0 bridgehead atoms. The summed E-state index contributed by atoms with van der Waals surface area (Å²) in [4.78, 5) is 38.2. The Morgan fingerprint density at radius 3 is 1.12 bits per heavy atom. The van der Waals surface area contributed by atoms with Crippen LogP contribution in [0.1, 0.15) is 44.4 Å². The van der Waals surface area contributed by atoms with Crippen LogP contribution in [0.5, 0.6) is 17.2 Å². The molecule has 0 spiro atoms. The summed E-state index contributed by atoms with van der Waals surface area (Å²) in [6, 6.07) is 16.3. The maximum atomic E-state index is 12.7. The van der Waals surface area contributed by atoms with Gasteiger partial charge >= 0.3 is 23.9 Å². The molecule has 0 aliphatic carbocycles. The van der Waals surface area contributed by atoms with Gasteiger partial charge in [-0.1, -0.05) is 43.3 Å². The second-order valence-electron chi connectivity index (χ2n) is 6.76. The van der Waals surface area contributed by atoms with Gasteiger partial charge in [-0.25, -0.2) is 14.4 Å². The Labute approximate surface area is 188 Å². The maximum absolute atomic E-state index is 12.7. The van der Waals surface area contributed by atoms with E-state index < -0.39 is 41.1 Å². The van der Waals surface area contributed by atoms with Crippen LogP contribution in [0.15, 0.2) is 72.8 Å². The van der Waals surface area contributed by atoms with Crippen LogP contribution in [0.25, 0.3) is 0 Å². The predicted molar refractivity (Wildman–Crippen MR) is 114 cm³/mol. The van der Waals surface area contributed by atoms with E-state index in [0.29, 0.717) is 0 Å². The van der Waals surface area contributed by atoms with Gasteiger partial charge in [0.25, 0.3) is 0 Å². The van der Waals surface area contributed by atoms with Crippen molar-refractivity contribution in [2.24, 2.45) is 0 Å². The van der Waals surface area contributed by atoms with Gasteiger partial charge in [-0.15, -0.1) is 0 Å². The number of carbonyl (C=O) groups is 3. The van der Waals surface area contributed by atoms with E-state index in [1.54, 1.807) is 0 Å². The summed E-state index contributed by atoms with van der Waals surface area (Å²) >= 11 is 0. The Kier molecular flexibility index (Phi) is 6.82. The lowest BCUT2D eigenvalue weighted by Crippen LogP contribution is -2.44. The number of hydrogen-bond acceptors (Lipinski definition) is 9. The zero-order chi connectivity index (χ0) is 24.0. The first kappa shape index (κ1) is 23.1. The van der Waals surface area contributed by atoms with Gasteiger partial charge < -0.3 is 29.5 Å². The van der Waals surface area contributed by atoms with Gasteiger partial charge in [0.1, 0.15) is 33.9 Å². The molecule has 0 aliphatic heterocycles. The highest BCUT2D eigenvalue weighted by Crippen LogP contribution is 2.30. The molecule has 3 aromatic rings. The minimum atomic E-state index is -2.59. The van der Waals surface area contributed by atoms with Gasteiger partial charge in [0.05, 0.1) is 6.42 Å². The van der Waals surface area contributed by atoms with E-state index in [2.05, 4.69) is 0 Å². The van der Waals surface area contributed by atoms with Gasteiger partial charge in [0, 0.05) is 0 Å². The third kappa shape index (κ3) is 5.21. The van der Waals surface area contributed by atoms with Gasteiger partial charge in [0.15, 0.2) is 0 Å². The first-order valence-corrected chi connectivity index (χ1v) is 9.80. The molecule has 170 valence electrons. The average molecular weight is 452 g/mol. The second-order valence-corrected chi connectivity index (χ2v) is 6.76. The van der Waals surface area contributed by atoms with Crippen molar-refractivity contribution >= 4 is 17.9 Å². The summed E-state index contributed by atoms with van der Waals surface area (Å²) in [7, 11) is 0. The first-order valence-electron chi connectivity index (χ1n) is 9.80. The molecule has 9 heteroatoms. The van der Waals surface area contributed by atoms with Gasteiger partial charge in [0.2, 0.25) is 0 Å². The summed E-state index contributed by atoms with van der Waals surface area (Å²) in [6.45, 7) is 1.41. The molecule has 0 amide bonds. The van der Waals surface area contributed by atoms with Crippen molar-refractivity contribution < 1.29 is 43.9 Å². The third-order valence-corrected chi connectivity index (χ3v) is 4.55. The number of hydrogen-bond donors (Lipinski definition) is 3. The molecule has 3 N–H and O–H groups in total. The largest absolute Gasteiger partial charge is 0.507 e. The van der Waals surface area contributed by atoms with Crippen LogP contribution < -0.4 is 0 Å². The molecular formula is C24H20O9. The van der Waals surface area contributed by atoms with Crippen molar-refractivity contribution in [1.29, 1.82) is 0 Å². The number of para-hydroxylation sites is 3. The van der Waals surface area contributed by atoms with E-state index in [1.807, 2.05) is 0 Å². The molecule has 0 saturated carbocycles. The lowest BCUT2D eigenvalue weighted by Gasteiger charge is -2.30. The monoisotopic (exact) mass is 452 g/mol. The predicted octanol–water partition coefficient (Wildman–Crippen LogP) is 3.74. The lowest BCUT2D eigenvalue weighted by atomic mass is 10.2. The summed E-state index contributed by atoms with van der Waals surface area (Å²) in [6.07, 6.45) is -0.356. The van der Waals surface area contributed by atoms with E-state index in [1.165, 1.54) is 79.7 Å². The van der Waals surface area contributed by atoms with Crippen LogP contribution in [-0.2, 0) is 14.2 Å². The maximum Gasteiger partial charge on any atom is 0.423 e. The Bertz CT molecular complexity index is 1040. The Balaban J connectivity index is 1.98. The summed E-state index contributed by atoms with van der Waals surface area (Å²) in [5.41, 5.74) is -0.812. The first-order chi connectivity index (χ1) is 15.8. The summed E-state index contributed by atoms with van der Waals surface area (Å²) in [5.74, 6) is -7.26. The molecular weight excluding hydrogens is 432 g/mol. The number of rotatable bonds is 7.